The van der Waals surface area contributed by atoms with Gasteiger partial charge in [-0.1, -0.05) is 6.07 Å². The van der Waals surface area contributed by atoms with E-state index in [0.29, 0.717) is 0 Å². The van der Waals surface area contributed by atoms with Gasteiger partial charge in [0.1, 0.15) is 0 Å². The van der Waals surface area contributed by atoms with Gasteiger partial charge in [-0.15, -0.1) is 0 Å². The predicted octanol–water partition coefficient (Wildman–Crippen LogP) is 1.48. The van der Waals surface area contributed by atoms with Gasteiger partial charge in [0.2, 0.25) is 5.91 Å². The van der Waals surface area contributed by atoms with E-state index in [1.54, 1.807) is 0 Å². The van der Waals surface area contributed by atoms with Gasteiger partial charge in [0, 0.05) is 0 Å². The van der Waals surface area contributed by atoms with Gasteiger partial charge in [-0.2, -0.15) is 0 Å². The molecule has 0 bridgehead atoms. The average molecular weight is 227 g/mol. The maximum atomic E-state index is 13.2. The van der Waals surface area contributed by atoms with Crippen molar-refractivity contribution in [3.05, 3.63) is 29.3 Å². The molecule has 0 fully saturated rings. The van der Waals surface area contributed by atoms with Gasteiger partial charge in [-0.25, -0.2) is 8.78 Å². The van der Waals surface area contributed by atoms with Gasteiger partial charge in [-0.3, -0.25) is 9.59 Å². The van der Waals surface area contributed by atoms with Crippen LogP contribution in [-0.4, -0.2) is 17.0 Å². The van der Waals surface area contributed by atoms with Crippen LogP contribution in [-0.2, 0) is 9.59 Å². The van der Waals surface area contributed by atoms with E-state index >= 15 is 0 Å². The summed E-state index contributed by atoms with van der Waals surface area (Å²) in [6.45, 7) is 0. The number of halogens is 2. The number of carbonyl (C=O) groups is 2. The second-order valence-corrected chi connectivity index (χ2v) is 3.47. The smallest absolute Gasteiger partial charge is 0.304 e. The Morgan fingerprint density at radius 3 is 2.75 bits per heavy atom. The Hall–Kier alpha value is -1.98. The number of rotatable bonds is 2. The van der Waals surface area contributed by atoms with Gasteiger partial charge in [-0.05, 0) is 11.6 Å². The number of anilines is 1. The maximum absolute atomic E-state index is 13.2. The van der Waals surface area contributed by atoms with Crippen LogP contribution in [0.4, 0.5) is 14.5 Å². The summed E-state index contributed by atoms with van der Waals surface area (Å²) in [4.78, 5) is 21.9. The average Bonchev–Trinajstić information content (AvgIpc) is 2.51. The molecule has 1 unspecified atom stereocenters. The predicted molar refractivity (Wildman–Crippen MR) is 50.0 cm³/mol. The van der Waals surface area contributed by atoms with Crippen molar-refractivity contribution in [1.82, 2.24) is 0 Å². The molecule has 0 spiro atoms. The zero-order valence-electron chi connectivity index (χ0n) is 7.96. The van der Waals surface area contributed by atoms with Crippen molar-refractivity contribution >= 4 is 17.6 Å². The Morgan fingerprint density at radius 2 is 2.12 bits per heavy atom. The molecular formula is C10H7F2NO3. The Morgan fingerprint density at radius 1 is 1.44 bits per heavy atom. The fraction of sp³-hybridized carbons (Fsp3) is 0.200. The summed E-state index contributed by atoms with van der Waals surface area (Å²) in [5.41, 5.74) is -0.0671. The minimum absolute atomic E-state index is 0.186. The number of benzene rings is 1. The van der Waals surface area contributed by atoms with Crippen LogP contribution in [0, 0.1) is 11.6 Å². The van der Waals surface area contributed by atoms with Crippen molar-refractivity contribution in [2.75, 3.05) is 5.32 Å². The molecule has 1 atom stereocenters. The summed E-state index contributed by atoms with van der Waals surface area (Å²) in [6.07, 6.45) is -0.441. The summed E-state index contributed by atoms with van der Waals surface area (Å²) in [7, 11) is 0. The van der Waals surface area contributed by atoms with Crippen molar-refractivity contribution in [1.29, 1.82) is 0 Å². The van der Waals surface area contributed by atoms with Crippen molar-refractivity contribution in [2.24, 2.45) is 0 Å². The monoisotopic (exact) mass is 227 g/mol. The fourth-order valence-electron chi connectivity index (χ4n) is 1.71. The number of carboxylic acids is 1. The van der Waals surface area contributed by atoms with Crippen molar-refractivity contribution in [3.8, 4) is 0 Å². The highest BCUT2D eigenvalue weighted by atomic mass is 19.2. The van der Waals surface area contributed by atoms with Crippen LogP contribution < -0.4 is 5.32 Å². The second kappa shape index (κ2) is 3.55. The minimum atomic E-state index is -1.17. The van der Waals surface area contributed by atoms with E-state index in [0.717, 1.165) is 6.07 Å². The molecule has 1 aliphatic rings. The first-order valence-electron chi connectivity index (χ1n) is 4.51. The first-order valence-corrected chi connectivity index (χ1v) is 4.51. The van der Waals surface area contributed by atoms with Gasteiger partial charge < -0.3 is 10.4 Å². The molecule has 1 aliphatic heterocycles. The highest BCUT2D eigenvalue weighted by Crippen LogP contribution is 2.37. The van der Waals surface area contributed by atoms with Crippen LogP contribution >= 0.6 is 0 Å². The minimum Gasteiger partial charge on any atom is -0.481 e. The number of amides is 1. The van der Waals surface area contributed by atoms with Crippen LogP contribution in [0.15, 0.2) is 12.1 Å². The third kappa shape index (κ3) is 1.52. The lowest BCUT2D eigenvalue weighted by Crippen LogP contribution is -2.15. The summed E-state index contributed by atoms with van der Waals surface area (Å²) < 4.78 is 26.1. The Kier molecular flexibility index (Phi) is 2.34. The zero-order chi connectivity index (χ0) is 11.9. The maximum Gasteiger partial charge on any atom is 0.304 e. The van der Waals surface area contributed by atoms with Crippen LogP contribution in [0.1, 0.15) is 17.9 Å². The topological polar surface area (TPSA) is 66.4 Å². The van der Waals surface area contributed by atoms with Crippen molar-refractivity contribution in [3.63, 3.8) is 0 Å². The molecule has 4 nitrogen and oxygen atoms in total. The zero-order valence-corrected chi connectivity index (χ0v) is 7.96. The quantitative estimate of drug-likeness (QED) is 0.804. The van der Waals surface area contributed by atoms with E-state index in [1.165, 1.54) is 6.07 Å². The van der Waals surface area contributed by atoms with Crippen LogP contribution in [0.25, 0.3) is 0 Å². The normalized spacial score (nSPS) is 18.1. The van der Waals surface area contributed by atoms with Crippen LogP contribution in [0.2, 0.25) is 0 Å². The number of fused-ring (bicyclic) bond motifs is 1. The number of carbonyl (C=O) groups excluding carboxylic acids is 1. The molecule has 84 valence electrons. The van der Waals surface area contributed by atoms with Gasteiger partial charge in [0.25, 0.3) is 0 Å². The fourth-order valence-corrected chi connectivity index (χ4v) is 1.71. The summed E-state index contributed by atoms with van der Waals surface area (Å²) in [5, 5.41) is 10.7. The molecule has 0 saturated carbocycles. The van der Waals surface area contributed by atoms with E-state index in [9.17, 15) is 18.4 Å². The molecule has 16 heavy (non-hydrogen) atoms. The highest BCUT2D eigenvalue weighted by Gasteiger charge is 2.35. The lowest BCUT2D eigenvalue weighted by molar-refractivity contribution is -0.138. The molecule has 0 aliphatic carbocycles. The number of aliphatic carboxylic acids is 1. The van der Waals surface area contributed by atoms with E-state index in [-0.39, 0.29) is 11.3 Å². The van der Waals surface area contributed by atoms with Crippen molar-refractivity contribution in [2.45, 2.75) is 12.3 Å². The Balaban J connectivity index is 2.46. The lowest BCUT2D eigenvalue weighted by atomic mass is 9.97. The summed E-state index contributed by atoms with van der Waals surface area (Å²) in [6, 6.07) is 2.10. The molecule has 0 aromatic heterocycles. The van der Waals surface area contributed by atoms with Crippen LogP contribution in [0.3, 0.4) is 0 Å². The third-order valence-electron chi connectivity index (χ3n) is 2.45. The van der Waals surface area contributed by atoms with Crippen molar-refractivity contribution < 1.29 is 23.5 Å². The Labute approximate surface area is 88.9 Å². The third-order valence-corrected chi connectivity index (χ3v) is 2.45. The standard InChI is InChI=1S/C10H7F2NO3/c11-6-2-1-4-5(3-7(14)15)10(16)13-9(4)8(6)12/h1-2,5H,3H2,(H,13,16)(H,14,15). The highest BCUT2D eigenvalue weighted by molar-refractivity contribution is 6.04. The molecule has 1 amide bonds. The lowest BCUT2D eigenvalue weighted by Gasteiger charge is -2.04. The second-order valence-electron chi connectivity index (χ2n) is 3.47. The SMILES string of the molecule is O=C(O)CC1C(=O)Nc2c1ccc(F)c2F. The molecule has 2 N–H and O–H groups in total. The van der Waals surface area contributed by atoms with Crippen LogP contribution in [0.5, 0.6) is 0 Å². The number of hydrogen-bond donors (Lipinski definition) is 2. The molecule has 1 aromatic rings. The Bertz CT molecular complexity index is 487. The first-order chi connectivity index (χ1) is 7.50. The van der Waals surface area contributed by atoms with E-state index < -0.39 is 35.8 Å². The molecule has 0 saturated heterocycles. The molecule has 0 radical (unpaired) electrons. The molecule has 1 aromatic carbocycles. The summed E-state index contributed by atoms with van der Waals surface area (Å²) in [5.74, 6) is -4.98. The molecular weight excluding hydrogens is 220 g/mol. The largest absolute Gasteiger partial charge is 0.481 e. The van der Waals surface area contributed by atoms with E-state index in [2.05, 4.69) is 5.32 Å². The number of hydrogen-bond acceptors (Lipinski definition) is 2. The molecule has 6 heteroatoms. The van der Waals surface area contributed by atoms with E-state index in [1.807, 2.05) is 0 Å². The summed E-state index contributed by atoms with van der Waals surface area (Å²) >= 11 is 0. The first kappa shape index (κ1) is 10.5. The van der Waals surface area contributed by atoms with Gasteiger partial charge in [0.05, 0.1) is 18.0 Å². The molecule has 2 rings (SSSR count). The molecule has 1 heterocycles. The van der Waals surface area contributed by atoms with Gasteiger partial charge in [0.15, 0.2) is 11.6 Å². The van der Waals surface area contributed by atoms with E-state index in [4.69, 9.17) is 5.11 Å². The van der Waals surface area contributed by atoms with Gasteiger partial charge >= 0.3 is 5.97 Å². The number of nitrogens with one attached hydrogen (secondary N) is 1. The number of carboxylic acid groups (broad SMARTS) is 1.